The van der Waals surface area contributed by atoms with Crippen molar-refractivity contribution >= 4 is 5.91 Å². The lowest BCUT2D eigenvalue weighted by Crippen LogP contribution is -2.47. The highest BCUT2D eigenvalue weighted by Gasteiger charge is 2.33. The molecule has 2 aliphatic rings. The molecule has 2 fully saturated rings. The fourth-order valence-corrected chi connectivity index (χ4v) is 2.90. The number of hydrogen-bond donors (Lipinski definition) is 1. The fourth-order valence-electron chi connectivity index (χ4n) is 2.90. The van der Waals surface area contributed by atoms with E-state index in [-0.39, 0.29) is 12.0 Å². The first-order chi connectivity index (χ1) is 8.70. The highest BCUT2D eigenvalue weighted by atomic mass is 16.5. The van der Waals surface area contributed by atoms with E-state index in [2.05, 4.69) is 12.2 Å². The van der Waals surface area contributed by atoms with Crippen molar-refractivity contribution in [1.29, 1.82) is 0 Å². The summed E-state index contributed by atoms with van der Waals surface area (Å²) >= 11 is 0. The molecule has 2 atom stereocenters. The second kappa shape index (κ2) is 6.53. The molecule has 18 heavy (non-hydrogen) atoms. The molecule has 0 radical (unpaired) electrons. The van der Waals surface area contributed by atoms with Crippen molar-refractivity contribution in [2.75, 3.05) is 26.2 Å². The number of amides is 1. The summed E-state index contributed by atoms with van der Waals surface area (Å²) in [6.45, 7) is 7.76. The molecule has 0 bridgehead atoms. The maximum absolute atomic E-state index is 12.3. The van der Waals surface area contributed by atoms with Crippen LogP contribution in [0, 0.1) is 5.92 Å². The van der Waals surface area contributed by atoms with Gasteiger partial charge in [-0.3, -0.25) is 4.79 Å². The maximum Gasteiger partial charge on any atom is 0.228 e. The van der Waals surface area contributed by atoms with Crippen LogP contribution in [0.15, 0.2) is 0 Å². The number of piperidine rings is 1. The van der Waals surface area contributed by atoms with Gasteiger partial charge in [0.15, 0.2) is 0 Å². The van der Waals surface area contributed by atoms with Gasteiger partial charge in [0.2, 0.25) is 5.91 Å². The van der Waals surface area contributed by atoms with E-state index >= 15 is 0 Å². The Balaban J connectivity index is 1.73. The molecule has 0 spiro atoms. The molecule has 2 aliphatic heterocycles. The van der Waals surface area contributed by atoms with E-state index < -0.39 is 0 Å². The number of nitrogens with one attached hydrogen (secondary N) is 1. The third-order valence-corrected chi connectivity index (χ3v) is 4.04. The van der Waals surface area contributed by atoms with E-state index in [9.17, 15) is 4.79 Å². The quantitative estimate of drug-likeness (QED) is 0.824. The minimum Gasteiger partial charge on any atom is -0.378 e. The van der Waals surface area contributed by atoms with Crippen molar-refractivity contribution < 1.29 is 9.53 Å². The Labute approximate surface area is 110 Å². The molecule has 104 valence electrons. The van der Waals surface area contributed by atoms with E-state index in [1.807, 2.05) is 11.8 Å². The van der Waals surface area contributed by atoms with Gasteiger partial charge in [0.05, 0.1) is 18.6 Å². The average Bonchev–Trinajstić information content (AvgIpc) is 2.83. The van der Waals surface area contributed by atoms with E-state index in [0.717, 1.165) is 38.9 Å². The van der Waals surface area contributed by atoms with Crippen molar-refractivity contribution in [3.63, 3.8) is 0 Å². The van der Waals surface area contributed by atoms with Crippen molar-refractivity contribution in [2.24, 2.45) is 5.92 Å². The summed E-state index contributed by atoms with van der Waals surface area (Å²) < 4.78 is 5.49. The van der Waals surface area contributed by atoms with Gasteiger partial charge in [-0.2, -0.15) is 0 Å². The van der Waals surface area contributed by atoms with Crippen LogP contribution in [0.4, 0.5) is 0 Å². The molecule has 0 aromatic carbocycles. The van der Waals surface area contributed by atoms with Gasteiger partial charge in [-0.05, 0) is 39.2 Å². The summed E-state index contributed by atoms with van der Waals surface area (Å²) in [5.74, 6) is 0.424. The predicted molar refractivity (Wildman–Crippen MR) is 71.4 cm³/mol. The van der Waals surface area contributed by atoms with Crippen LogP contribution >= 0.6 is 0 Å². The molecule has 0 aromatic heterocycles. The largest absolute Gasteiger partial charge is 0.378 e. The lowest BCUT2D eigenvalue weighted by Gasteiger charge is -2.33. The van der Waals surface area contributed by atoms with E-state index in [0.29, 0.717) is 18.6 Å². The molecular formula is C14H26N2O2. The standard InChI is InChI=1S/C14H26N2O2/c1-3-6-15-13-4-7-16(8-5-13)14(17)12-9-11(2)18-10-12/h11-13,15H,3-10H2,1-2H3. The highest BCUT2D eigenvalue weighted by molar-refractivity contribution is 5.79. The maximum atomic E-state index is 12.3. The van der Waals surface area contributed by atoms with Crippen molar-refractivity contribution in [3.8, 4) is 0 Å². The lowest BCUT2D eigenvalue weighted by molar-refractivity contribution is -0.136. The second-order valence-electron chi connectivity index (χ2n) is 5.63. The van der Waals surface area contributed by atoms with Gasteiger partial charge in [-0.1, -0.05) is 6.92 Å². The van der Waals surface area contributed by atoms with Crippen LogP contribution in [-0.2, 0) is 9.53 Å². The zero-order valence-electron chi connectivity index (χ0n) is 11.7. The number of rotatable bonds is 4. The number of likely N-dealkylation sites (tertiary alicyclic amines) is 1. The number of hydrogen-bond acceptors (Lipinski definition) is 3. The van der Waals surface area contributed by atoms with Gasteiger partial charge in [0.1, 0.15) is 0 Å². The molecule has 2 rings (SSSR count). The summed E-state index contributed by atoms with van der Waals surface area (Å²) in [6.07, 6.45) is 4.51. The van der Waals surface area contributed by atoms with E-state index in [1.54, 1.807) is 0 Å². The van der Waals surface area contributed by atoms with Crippen LogP contribution in [-0.4, -0.2) is 49.2 Å². The number of ether oxygens (including phenoxy) is 1. The fraction of sp³-hybridized carbons (Fsp3) is 0.929. The van der Waals surface area contributed by atoms with E-state index in [4.69, 9.17) is 4.74 Å². The molecule has 1 amide bonds. The van der Waals surface area contributed by atoms with Crippen LogP contribution in [0.3, 0.4) is 0 Å². The van der Waals surface area contributed by atoms with Gasteiger partial charge in [0, 0.05) is 19.1 Å². The molecule has 1 N–H and O–H groups in total. The minimum atomic E-state index is 0.111. The van der Waals surface area contributed by atoms with Crippen LogP contribution < -0.4 is 5.32 Å². The highest BCUT2D eigenvalue weighted by Crippen LogP contribution is 2.23. The van der Waals surface area contributed by atoms with Gasteiger partial charge in [-0.15, -0.1) is 0 Å². The van der Waals surface area contributed by atoms with Gasteiger partial charge in [-0.25, -0.2) is 0 Å². The van der Waals surface area contributed by atoms with Gasteiger partial charge in [0.25, 0.3) is 0 Å². The summed E-state index contributed by atoms with van der Waals surface area (Å²) in [5.41, 5.74) is 0. The molecule has 4 heteroatoms. The smallest absolute Gasteiger partial charge is 0.228 e. The first-order valence-corrected chi connectivity index (χ1v) is 7.34. The predicted octanol–water partition coefficient (Wildman–Crippen LogP) is 1.40. The molecule has 2 saturated heterocycles. The van der Waals surface area contributed by atoms with Crippen LogP contribution in [0.25, 0.3) is 0 Å². The second-order valence-corrected chi connectivity index (χ2v) is 5.63. The van der Waals surface area contributed by atoms with Crippen molar-refractivity contribution in [2.45, 2.75) is 51.7 Å². The molecule has 0 aliphatic carbocycles. The number of nitrogens with zero attached hydrogens (tertiary/aromatic N) is 1. The zero-order valence-corrected chi connectivity index (χ0v) is 11.7. The Morgan fingerprint density at radius 1 is 1.39 bits per heavy atom. The third kappa shape index (κ3) is 3.45. The Bertz CT molecular complexity index is 275. The van der Waals surface area contributed by atoms with Crippen LogP contribution in [0.5, 0.6) is 0 Å². The molecular weight excluding hydrogens is 228 g/mol. The summed E-state index contributed by atoms with van der Waals surface area (Å²) in [7, 11) is 0. The minimum absolute atomic E-state index is 0.111. The van der Waals surface area contributed by atoms with E-state index in [1.165, 1.54) is 6.42 Å². The topological polar surface area (TPSA) is 41.6 Å². The van der Waals surface area contributed by atoms with Crippen LogP contribution in [0.2, 0.25) is 0 Å². The zero-order chi connectivity index (χ0) is 13.0. The summed E-state index contributed by atoms with van der Waals surface area (Å²) in [5, 5.41) is 3.54. The Morgan fingerprint density at radius 3 is 2.67 bits per heavy atom. The lowest BCUT2D eigenvalue weighted by atomic mass is 10.0. The Hall–Kier alpha value is -0.610. The number of carbonyl (C=O) groups excluding carboxylic acids is 1. The normalized spacial score (nSPS) is 29.8. The first kappa shape index (κ1) is 13.8. The molecule has 4 nitrogen and oxygen atoms in total. The van der Waals surface area contributed by atoms with Crippen LogP contribution in [0.1, 0.15) is 39.5 Å². The van der Waals surface area contributed by atoms with Crippen molar-refractivity contribution in [1.82, 2.24) is 10.2 Å². The Morgan fingerprint density at radius 2 is 2.11 bits per heavy atom. The molecule has 0 saturated carbocycles. The summed E-state index contributed by atoms with van der Waals surface area (Å²) in [4.78, 5) is 14.3. The molecule has 2 unspecified atom stereocenters. The summed E-state index contributed by atoms with van der Waals surface area (Å²) in [6, 6.07) is 0.604. The van der Waals surface area contributed by atoms with Gasteiger partial charge < -0.3 is 15.0 Å². The number of carbonyl (C=O) groups is 1. The Kier molecular flexibility index (Phi) is 5.01. The molecule has 0 aromatic rings. The SMILES string of the molecule is CCCNC1CCN(C(=O)C2COC(C)C2)CC1. The van der Waals surface area contributed by atoms with Gasteiger partial charge >= 0.3 is 0 Å². The van der Waals surface area contributed by atoms with Crippen molar-refractivity contribution in [3.05, 3.63) is 0 Å². The monoisotopic (exact) mass is 254 g/mol. The molecule has 2 heterocycles. The average molecular weight is 254 g/mol. The first-order valence-electron chi connectivity index (χ1n) is 7.34. The third-order valence-electron chi connectivity index (χ3n) is 4.04.